The Kier molecular flexibility index (Phi) is 4.80. The molecule has 0 spiro atoms. The molecule has 2 N–H and O–H groups in total. The molecule has 1 aromatic rings. The second-order valence-corrected chi connectivity index (χ2v) is 6.03. The van der Waals surface area contributed by atoms with E-state index < -0.39 is 17.3 Å². The maximum atomic E-state index is 13.0. The number of carbonyl (C=O) groups is 1. The summed E-state index contributed by atoms with van der Waals surface area (Å²) in [5.41, 5.74) is 4.62. The summed E-state index contributed by atoms with van der Waals surface area (Å²) in [5, 5.41) is 0. The molecular formula is C16H21F3N2O. The Labute approximate surface area is 128 Å². The topological polar surface area (TPSA) is 46.3 Å². The zero-order valence-electron chi connectivity index (χ0n) is 12.6. The van der Waals surface area contributed by atoms with Crippen LogP contribution in [0.25, 0.3) is 0 Å². The van der Waals surface area contributed by atoms with Crippen LogP contribution < -0.4 is 5.73 Å². The summed E-state index contributed by atoms with van der Waals surface area (Å²) >= 11 is 0. The van der Waals surface area contributed by atoms with Crippen molar-refractivity contribution in [2.75, 3.05) is 7.05 Å². The van der Waals surface area contributed by atoms with Gasteiger partial charge in [0.2, 0.25) is 5.91 Å². The summed E-state index contributed by atoms with van der Waals surface area (Å²) in [6, 6.07) is 5.32. The Balaban J connectivity index is 2.15. The fourth-order valence-electron chi connectivity index (χ4n) is 3.04. The van der Waals surface area contributed by atoms with Crippen LogP contribution in [0.3, 0.4) is 0 Å². The molecule has 3 nitrogen and oxygen atoms in total. The molecule has 0 aliphatic heterocycles. The van der Waals surface area contributed by atoms with Crippen molar-refractivity contribution < 1.29 is 18.0 Å². The van der Waals surface area contributed by atoms with Gasteiger partial charge in [-0.3, -0.25) is 4.79 Å². The van der Waals surface area contributed by atoms with E-state index in [1.54, 1.807) is 6.07 Å². The number of hydrogen-bond donors (Lipinski definition) is 1. The summed E-state index contributed by atoms with van der Waals surface area (Å²) in [6.07, 6.45) is -0.419. The number of benzene rings is 1. The number of alkyl halides is 3. The van der Waals surface area contributed by atoms with Gasteiger partial charge in [0.05, 0.1) is 11.1 Å². The third-order valence-electron chi connectivity index (χ3n) is 4.25. The second-order valence-electron chi connectivity index (χ2n) is 6.03. The van der Waals surface area contributed by atoms with Crippen molar-refractivity contribution in [3.63, 3.8) is 0 Å². The van der Waals surface area contributed by atoms with Crippen molar-refractivity contribution in [3.8, 4) is 0 Å². The van der Waals surface area contributed by atoms with E-state index in [1.807, 2.05) is 0 Å². The minimum Gasteiger partial charge on any atom is -0.340 e. The van der Waals surface area contributed by atoms with E-state index in [4.69, 9.17) is 5.73 Å². The van der Waals surface area contributed by atoms with E-state index in [0.29, 0.717) is 12.8 Å². The summed E-state index contributed by atoms with van der Waals surface area (Å²) in [7, 11) is 1.51. The van der Waals surface area contributed by atoms with Crippen LogP contribution in [0.15, 0.2) is 24.3 Å². The molecular weight excluding hydrogens is 293 g/mol. The van der Waals surface area contributed by atoms with E-state index in [0.717, 1.165) is 25.3 Å². The number of rotatable bonds is 3. The highest BCUT2D eigenvalue weighted by atomic mass is 19.4. The number of amides is 1. The van der Waals surface area contributed by atoms with Crippen LogP contribution in [0.4, 0.5) is 13.2 Å². The number of halogens is 3. The van der Waals surface area contributed by atoms with Gasteiger partial charge in [-0.05, 0) is 24.5 Å². The highest BCUT2D eigenvalue weighted by Crippen LogP contribution is 2.33. The fraction of sp³-hybridized carbons (Fsp3) is 0.562. The third-order valence-corrected chi connectivity index (χ3v) is 4.25. The Hall–Kier alpha value is -1.56. The lowest BCUT2D eigenvalue weighted by Gasteiger charge is -2.35. The molecule has 6 heteroatoms. The van der Waals surface area contributed by atoms with Gasteiger partial charge < -0.3 is 10.6 Å². The number of likely N-dealkylation sites (N-methyl/N-ethyl adjacent to an activating group) is 1. The highest BCUT2D eigenvalue weighted by molar-refractivity contribution is 5.86. The molecule has 1 aromatic carbocycles. The molecule has 22 heavy (non-hydrogen) atoms. The molecule has 1 amide bonds. The van der Waals surface area contributed by atoms with Gasteiger partial charge in [-0.1, -0.05) is 37.5 Å². The quantitative estimate of drug-likeness (QED) is 0.930. The lowest BCUT2D eigenvalue weighted by molar-refractivity contribution is -0.141. The molecule has 0 aromatic heterocycles. The molecule has 1 aliphatic carbocycles. The third kappa shape index (κ3) is 3.61. The van der Waals surface area contributed by atoms with Crippen molar-refractivity contribution in [2.45, 2.75) is 50.4 Å². The Morgan fingerprint density at radius 3 is 2.41 bits per heavy atom. The molecule has 0 bridgehead atoms. The average Bonchev–Trinajstić information content (AvgIpc) is 2.46. The second kappa shape index (κ2) is 6.28. The van der Waals surface area contributed by atoms with Crippen LogP contribution in [0.1, 0.15) is 43.2 Å². The predicted molar refractivity (Wildman–Crippen MR) is 77.9 cm³/mol. The largest absolute Gasteiger partial charge is 0.416 e. The van der Waals surface area contributed by atoms with Crippen LogP contribution in [-0.4, -0.2) is 23.4 Å². The molecule has 1 fully saturated rings. The van der Waals surface area contributed by atoms with Crippen LogP contribution in [0.5, 0.6) is 0 Å². The summed E-state index contributed by atoms with van der Waals surface area (Å²) in [6.45, 7) is -0.0898. The highest BCUT2D eigenvalue weighted by Gasteiger charge is 2.38. The molecule has 0 unspecified atom stereocenters. The summed E-state index contributed by atoms with van der Waals surface area (Å²) in [4.78, 5) is 13.8. The maximum Gasteiger partial charge on any atom is 0.416 e. The minimum atomic E-state index is -4.42. The van der Waals surface area contributed by atoms with Crippen molar-refractivity contribution in [1.29, 1.82) is 0 Å². The Bertz CT molecular complexity index is 536. The smallest absolute Gasteiger partial charge is 0.340 e. The van der Waals surface area contributed by atoms with Gasteiger partial charge in [0.25, 0.3) is 0 Å². The molecule has 1 saturated carbocycles. The number of nitrogens with zero attached hydrogens (tertiary/aromatic N) is 1. The molecule has 122 valence electrons. The zero-order chi connectivity index (χ0) is 16.4. The van der Waals surface area contributed by atoms with Crippen molar-refractivity contribution in [2.24, 2.45) is 5.73 Å². The lowest BCUT2D eigenvalue weighted by Crippen LogP contribution is -2.55. The first kappa shape index (κ1) is 16.8. The normalized spacial score (nSPS) is 18.0. The summed E-state index contributed by atoms with van der Waals surface area (Å²) < 4.78 is 39.0. The van der Waals surface area contributed by atoms with E-state index in [9.17, 15) is 18.0 Å². The van der Waals surface area contributed by atoms with Gasteiger partial charge >= 0.3 is 6.18 Å². The van der Waals surface area contributed by atoms with Gasteiger partial charge in [0.15, 0.2) is 0 Å². The lowest BCUT2D eigenvalue weighted by atomic mass is 9.81. The van der Waals surface area contributed by atoms with Crippen molar-refractivity contribution in [1.82, 2.24) is 4.90 Å². The van der Waals surface area contributed by atoms with Crippen LogP contribution in [0.2, 0.25) is 0 Å². The minimum absolute atomic E-state index is 0.0882. The monoisotopic (exact) mass is 314 g/mol. The molecule has 0 atom stereocenters. The van der Waals surface area contributed by atoms with Crippen LogP contribution >= 0.6 is 0 Å². The maximum absolute atomic E-state index is 13.0. The molecule has 1 aliphatic rings. The first-order valence-electron chi connectivity index (χ1n) is 7.43. The van der Waals surface area contributed by atoms with Gasteiger partial charge in [-0.15, -0.1) is 0 Å². The zero-order valence-corrected chi connectivity index (χ0v) is 12.6. The van der Waals surface area contributed by atoms with Gasteiger partial charge in [0.1, 0.15) is 0 Å². The summed E-state index contributed by atoms with van der Waals surface area (Å²) in [5.74, 6) is -0.274. The number of nitrogens with two attached hydrogens (primary N) is 1. The molecule has 0 radical (unpaired) electrons. The molecule has 0 heterocycles. The molecule has 2 rings (SSSR count). The van der Waals surface area contributed by atoms with E-state index in [1.165, 1.54) is 24.1 Å². The van der Waals surface area contributed by atoms with Gasteiger partial charge in [0, 0.05) is 13.6 Å². The Morgan fingerprint density at radius 2 is 1.82 bits per heavy atom. The first-order valence-corrected chi connectivity index (χ1v) is 7.43. The van der Waals surface area contributed by atoms with Crippen molar-refractivity contribution >= 4 is 5.91 Å². The fourth-order valence-corrected chi connectivity index (χ4v) is 3.04. The van der Waals surface area contributed by atoms with Gasteiger partial charge in [-0.25, -0.2) is 0 Å². The van der Waals surface area contributed by atoms with E-state index >= 15 is 0 Å². The standard InChI is InChI=1S/C16H21F3N2O/c1-21(14(22)15(20)9-5-2-6-10-15)11-12-7-3-4-8-13(12)16(17,18)19/h3-4,7-8H,2,5-6,9-11,20H2,1H3. The van der Waals surface area contributed by atoms with E-state index in [2.05, 4.69) is 0 Å². The SMILES string of the molecule is CN(Cc1ccccc1C(F)(F)F)C(=O)C1(N)CCCCC1. The first-order chi connectivity index (χ1) is 10.2. The van der Waals surface area contributed by atoms with Gasteiger partial charge in [-0.2, -0.15) is 13.2 Å². The average molecular weight is 314 g/mol. The van der Waals surface area contributed by atoms with E-state index in [-0.39, 0.29) is 18.0 Å². The number of carbonyl (C=O) groups excluding carboxylic acids is 1. The van der Waals surface area contributed by atoms with Crippen molar-refractivity contribution in [3.05, 3.63) is 35.4 Å². The molecule has 0 saturated heterocycles. The predicted octanol–water partition coefficient (Wildman–Crippen LogP) is 3.33. The van der Waals surface area contributed by atoms with Crippen LogP contribution in [0, 0.1) is 0 Å². The number of hydrogen-bond acceptors (Lipinski definition) is 2. The Morgan fingerprint density at radius 1 is 1.23 bits per heavy atom. The van der Waals surface area contributed by atoms with Crippen LogP contribution in [-0.2, 0) is 17.5 Å².